The molecular formula is C9H13N3O. The lowest BCUT2D eigenvalue weighted by Gasteiger charge is -2.40. The number of ether oxygens (including phenoxy) is 1. The number of nitrogens with zero attached hydrogens (tertiary/aromatic N) is 2. The van der Waals surface area contributed by atoms with Crippen LogP contribution in [0, 0.1) is 0 Å². The number of anilines is 2. The average Bonchev–Trinajstić information content (AvgIpc) is 2.06. The number of hydrogen-bond acceptors (Lipinski definition) is 4. The first-order valence-electron chi connectivity index (χ1n) is 4.28. The van der Waals surface area contributed by atoms with Gasteiger partial charge in [0.25, 0.3) is 0 Å². The van der Waals surface area contributed by atoms with Crippen LogP contribution in [0.4, 0.5) is 11.4 Å². The Labute approximate surface area is 77.3 Å². The van der Waals surface area contributed by atoms with Crippen LogP contribution in [0.5, 0.6) is 0 Å². The fourth-order valence-electron chi connectivity index (χ4n) is 1.47. The van der Waals surface area contributed by atoms with E-state index in [0.29, 0.717) is 6.10 Å². The number of nitrogen functional groups attached to an aromatic ring is 1. The van der Waals surface area contributed by atoms with Gasteiger partial charge >= 0.3 is 0 Å². The third-order valence-electron chi connectivity index (χ3n) is 2.35. The van der Waals surface area contributed by atoms with Crippen molar-refractivity contribution in [3.05, 3.63) is 18.5 Å². The molecule has 4 heteroatoms. The van der Waals surface area contributed by atoms with Gasteiger partial charge in [-0.05, 0) is 6.07 Å². The van der Waals surface area contributed by atoms with Gasteiger partial charge in [0.2, 0.25) is 0 Å². The lowest BCUT2D eigenvalue weighted by Crippen LogP contribution is -2.52. The Hall–Kier alpha value is -1.29. The van der Waals surface area contributed by atoms with Crippen molar-refractivity contribution < 1.29 is 4.74 Å². The molecular weight excluding hydrogens is 166 g/mol. The Kier molecular flexibility index (Phi) is 2.06. The van der Waals surface area contributed by atoms with Crippen LogP contribution in [-0.2, 0) is 4.74 Å². The Balaban J connectivity index is 2.07. The summed E-state index contributed by atoms with van der Waals surface area (Å²) in [7, 11) is 1.73. The molecule has 1 aromatic rings. The molecule has 0 aromatic carbocycles. The molecule has 0 atom stereocenters. The monoisotopic (exact) mass is 179 g/mol. The van der Waals surface area contributed by atoms with Gasteiger partial charge in [0, 0.05) is 26.4 Å². The fourth-order valence-corrected chi connectivity index (χ4v) is 1.47. The largest absolute Gasteiger partial charge is 0.396 e. The Morgan fingerprint density at radius 1 is 1.62 bits per heavy atom. The molecule has 2 rings (SSSR count). The van der Waals surface area contributed by atoms with Crippen molar-refractivity contribution in [2.45, 2.75) is 6.10 Å². The highest BCUT2D eigenvalue weighted by Gasteiger charge is 2.27. The lowest BCUT2D eigenvalue weighted by atomic mass is 10.1. The van der Waals surface area contributed by atoms with E-state index in [2.05, 4.69) is 9.88 Å². The number of nitrogens with two attached hydrogens (primary N) is 1. The second-order valence-electron chi connectivity index (χ2n) is 3.20. The summed E-state index contributed by atoms with van der Waals surface area (Å²) >= 11 is 0. The van der Waals surface area contributed by atoms with Gasteiger partial charge in [0.1, 0.15) is 0 Å². The lowest BCUT2D eigenvalue weighted by molar-refractivity contribution is 0.0788. The van der Waals surface area contributed by atoms with Crippen LogP contribution in [-0.4, -0.2) is 31.3 Å². The highest BCUT2D eigenvalue weighted by Crippen LogP contribution is 2.26. The summed E-state index contributed by atoms with van der Waals surface area (Å²) in [6.07, 6.45) is 3.79. The number of pyridine rings is 1. The van der Waals surface area contributed by atoms with Gasteiger partial charge in [0.15, 0.2) is 0 Å². The van der Waals surface area contributed by atoms with E-state index in [9.17, 15) is 0 Å². The molecule has 0 unspecified atom stereocenters. The highest BCUT2D eigenvalue weighted by atomic mass is 16.5. The summed E-state index contributed by atoms with van der Waals surface area (Å²) in [6.45, 7) is 1.84. The van der Waals surface area contributed by atoms with Crippen molar-refractivity contribution >= 4 is 11.4 Å². The maximum atomic E-state index is 5.77. The molecule has 13 heavy (non-hydrogen) atoms. The van der Waals surface area contributed by atoms with E-state index in [1.165, 1.54) is 0 Å². The van der Waals surface area contributed by atoms with E-state index in [4.69, 9.17) is 10.5 Å². The standard InChI is InChI=1S/C9H13N3O/c1-13-7-5-12(6-7)9-2-3-11-4-8(9)10/h2-4,7H,5-6,10H2,1H3. The van der Waals surface area contributed by atoms with Gasteiger partial charge in [-0.25, -0.2) is 0 Å². The number of hydrogen-bond donors (Lipinski definition) is 1. The molecule has 4 nitrogen and oxygen atoms in total. The quantitative estimate of drug-likeness (QED) is 0.718. The first-order chi connectivity index (χ1) is 6.31. The van der Waals surface area contributed by atoms with E-state index >= 15 is 0 Å². The smallest absolute Gasteiger partial charge is 0.0920 e. The van der Waals surface area contributed by atoms with Crippen LogP contribution in [0.1, 0.15) is 0 Å². The summed E-state index contributed by atoms with van der Waals surface area (Å²) in [5.41, 5.74) is 7.56. The second-order valence-corrected chi connectivity index (χ2v) is 3.20. The fraction of sp³-hybridized carbons (Fsp3) is 0.444. The van der Waals surface area contributed by atoms with Crippen molar-refractivity contribution in [2.75, 3.05) is 30.8 Å². The Morgan fingerprint density at radius 2 is 2.38 bits per heavy atom. The molecule has 2 N–H and O–H groups in total. The van der Waals surface area contributed by atoms with E-state index in [1.54, 1.807) is 19.5 Å². The van der Waals surface area contributed by atoms with Crippen LogP contribution >= 0.6 is 0 Å². The summed E-state index contributed by atoms with van der Waals surface area (Å²) in [5, 5.41) is 0. The molecule has 1 aromatic heterocycles. The first kappa shape index (κ1) is 8.31. The van der Waals surface area contributed by atoms with E-state index < -0.39 is 0 Å². The van der Waals surface area contributed by atoms with Crippen molar-refractivity contribution in [3.8, 4) is 0 Å². The zero-order valence-electron chi connectivity index (χ0n) is 7.60. The number of rotatable bonds is 2. The summed E-state index contributed by atoms with van der Waals surface area (Å²) in [4.78, 5) is 6.13. The van der Waals surface area contributed by atoms with Crippen LogP contribution in [0.25, 0.3) is 0 Å². The van der Waals surface area contributed by atoms with Crippen molar-refractivity contribution in [1.29, 1.82) is 0 Å². The topological polar surface area (TPSA) is 51.4 Å². The molecule has 1 aliphatic rings. The third-order valence-corrected chi connectivity index (χ3v) is 2.35. The molecule has 1 saturated heterocycles. The second kappa shape index (κ2) is 3.22. The molecule has 0 bridgehead atoms. The normalized spacial score (nSPS) is 17.2. The minimum atomic E-state index is 0.354. The minimum Gasteiger partial charge on any atom is -0.396 e. The average molecular weight is 179 g/mol. The van der Waals surface area contributed by atoms with Crippen LogP contribution < -0.4 is 10.6 Å². The maximum Gasteiger partial charge on any atom is 0.0920 e. The van der Waals surface area contributed by atoms with Gasteiger partial charge in [0.05, 0.1) is 23.7 Å². The first-order valence-corrected chi connectivity index (χ1v) is 4.28. The zero-order chi connectivity index (χ0) is 9.26. The molecule has 1 fully saturated rings. The summed E-state index contributed by atoms with van der Waals surface area (Å²) < 4.78 is 5.18. The summed E-state index contributed by atoms with van der Waals surface area (Å²) in [6, 6.07) is 1.93. The van der Waals surface area contributed by atoms with E-state index in [0.717, 1.165) is 24.5 Å². The van der Waals surface area contributed by atoms with Gasteiger partial charge in [-0.3, -0.25) is 4.98 Å². The van der Waals surface area contributed by atoms with E-state index in [1.807, 2.05) is 6.07 Å². The molecule has 0 amide bonds. The predicted octanol–water partition coefficient (Wildman–Crippen LogP) is 0.499. The van der Waals surface area contributed by atoms with Gasteiger partial charge in [-0.2, -0.15) is 0 Å². The molecule has 70 valence electrons. The molecule has 0 aliphatic carbocycles. The zero-order valence-corrected chi connectivity index (χ0v) is 7.60. The van der Waals surface area contributed by atoms with Crippen molar-refractivity contribution in [2.24, 2.45) is 0 Å². The number of aromatic nitrogens is 1. The maximum absolute atomic E-state index is 5.77. The Bertz CT molecular complexity index is 297. The van der Waals surface area contributed by atoms with Gasteiger partial charge in [-0.15, -0.1) is 0 Å². The molecule has 0 radical (unpaired) electrons. The van der Waals surface area contributed by atoms with Crippen molar-refractivity contribution in [1.82, 2.24) is 4.98 Å². The molecule has 2 heterocycles. The molecule has 1 aliphatic heterocycles. The van der Waals surface area contributed by atoms with E-state index in [-0.39, 0.29) is 0 Å². The number of methoxy groups -OCH3 is 1. The minimum absolute atomic E-state index is 0.354. The van der Waals surface area contributed by atoms with Gasteiger partial charge < -0.3 is 15.4 Å². The van der Waals surface area contributed by atoms with Crippen LogP contribution in [0.15, 0.2) is 18.5 Å². The summed E-state index contributed by atoms with van der Waals surface area (Å²) in [5.74, 6) is 0. The van der Waals surface area contributed by atoms with Gasteiger partial charge in [-0.1, -0.05) is 0 Å². The molecule has 0 spiro atoms. The van der Waals surface area contributed by atoms with Crippen LogP contribution in [0.3, 0.4) is 0 Å². The highest BCUT2D eigenvalue weighted by molar-refractivity contribution is 5.67. The SMILES string of the molecule is COC1CN(c2ccncc2N)C1. The van der Waals surface area contributed by atoms with Crippen molar-refractivity contribution in [3.63, 3.8) is 0 Å². The van der Waals surface area contributed by atoms with Crippen LogP contribution in [0.2, 0.25) is 0 Å². The Morgan fingerprint density at radius 3 is 3.00 bits per heavy atom. The predicted molar refractivity (Wildman–Crippen MR) is 51.7 cm³/mol. The third kappa shape index (κ3) is 1.45. The molecule has 0 saturated carbocycles.